The van der Waals surface area contributed by atoms with E-state index in [1.54, 1.807) is 0 Å². The van der Waals surface area contributed by atoms with Gasteiger partial charge in [0.1, 0.15) is 12.4 Å². The molecule has 2 rings (SSSR count). The molecule has 0 aromatic heterocycles. The van der Waals surface area contributed by atoms with Gasteiger partial charge in [0.15, 0.2) is 5.96 Å². The van der Waals surface area contributed by atoms with Gasteiger partial charge in [-0.1, -0.05) is 25.1 Å². The second-order valence-electron chi connectivity index (χ2n) is 5.71. The Hall–Kier alpha value is -1.75. The summed E-state index contributed by atoms with van der Waals surface area (Å²) >= 11 is 0. The summed E-state index contributed by atoms with van der Waals surface area (Å²) in [5, 5.41) is 6.61. The number of rotatable bonds is 10. The van der Waals surface area contributed by atoms with E-state index in [-0.39, 0.29) is 0 Å². The number of benzene rings is 1. The average Bonchev–Trinajstić information content (AvgIpc) is 3.41. The number of aliphatic imine (C=N–C) groups is 1. The van der Waals surface area contributed by atoms with E-state index in [0.29, 0.717) is 6.61 Å². The highest BCUT2D eigenvalue weighted by Crippen LogP contribution is 2.25. The van der Waals surface area contributed by atoms with Crippen molar-refractivity contribution in [3.63, 3.8) is 0 Å². The van der Waals surface area contributed by atoms with Crippen molar-refractivity contribution in [3.8, 4) is 5.75 Å². The van der Waals surface area contributed by atoms with Crippen molar-refractivity contribution in [3.05, 3.63) is 30.3 Å². The first-order chi connectivity index (χ1) is 11.3. The van der Waals surface area contributed by atoms with E-state index >= 15 is 0 Å². The predicted molar refractivity (Wildman–Crippen MR) is 96.2 cm³/mol. The van der Waals surface area contributed by atoms with Crippen LogP contribution in [0.1, 0.15) is 26.7 Å². The first kappa shape index (κ1) is 17.6. The number of nitrogens with one attached hydrogen (secondary N) is 2. The minimum Gasteiger partial charge on any atom is -0.492 e. The molecular formula is C18H30N4O. The molecule has 0 saturated heterocycles. The van der Waals surface area contributed by atoms with Gasteiger partial charge in [-0.3, -0.25) is 9.89 Å². The molecule has 1 aromatic rings. The molecule has 0 aliphatic heterocycles. The van der Waals surface area contributed by atoms with Gasteiger partial charge in [0.05, 0.1) is 13.1 Å². The van der Waals surface area contributed by atoms with Crippen LogP contribution in [0.2, 0.25) is 0 Å². The van der Waals surface area contributed by atoms with Crippen LogP contribution in [0.5, 0.6) is 5.75 Å². The zero-order valence-electron chi connectivity index (χ0n) is 14.4. The molecule has 5 heteroatoms. The van der Waals surface area contributed by atoms with Gasteiger partial charge in [-0.05, 0) is 38.4 Å². The third kappa shape index (κ3) is 6.91. The van der Waals surface area contributed by atoms with E-state index in [1.807, 2.05) is 30.3 Å². The Bertz CT molecular complexity index is 459. The molecule has 0 heterocycles. The van der Waals surface area contributed by atoms with E-state index in [2.05, 4.69) is 34.4 Å². The normalized spacial score (nSPS) is 14.8. The van der Waals surface area contributed by atoms with Crippen LogP contribution >= 0.6 is 0 Å². The van der Waals surface area contributed by atoms with E-state index < -0.39 is 0 Å². The molecule has 1 aromatic carbocycles. The first-order valence-corrected chi connectivity index (χ1v) is 8.77. The van der Waals surface area contributed by atoms with Crippen molar-refractivity contribution >= 4 is 5.96 Å². The fourth-order valence-corrected chi connectivity index (χ4v) is 2.53. The largest absolute Gasteiger partial charge is 0.492 e. The number of hydrogen-bond donors (Lipinski definition) is 2. The highest BCUT2D eigenvalue weighted by Gasteiger charge is 2.27. The van der Waals surface area contributed by atoms with Gasteiger partial charge in [-0.25, -0.2) is 0 Å². The third-order valence-corrected chi connectivity index (χ3v) is 3.88. The third-order valence-electron chi connectivity index (χ3n) is 3.88. The highest BCUT2D eigenvalue weighted by molar-refractivity contribution is 5.79. The fourth-order valence-electron chi connectivity index (χ4n) is 2.53. The molecule has 23 heavy (non-hydrogen) atoms. The van der Waals surface area contributed by atoms with Gasteiger partial charge in [0.25, 0.3) is 0 Å². The van der Waals surface area contributed by atoms with Gasteiger partial charge >= 0.3 is 0 Å². The van der Waals surface area contributed by atoms with Crippen molar-refractivity contribution < 1.29 is 4.74 Å². The lowest BCUT2D eigenvalue weighted by atomic mass is 10.3. The molecule has 0 bridgehead atoms. The van der Waals surface area contributed by atoms with Gasteiger partial charge in [0, 0.05) is 19.1 Å². The molecule has 1 aliphatic rings. The summed E-state index contributed by atoms with van der Waals surface area (Å²) in [6.45, 7) is 9.53. The topological polar surface area (TPSA) is 48.9 Å². The second-order valence-corrected chi connectivity index (χ2v) is 5.71. The molecule has 0 atom stereocenters. The maximum absolute atomic E-state index is 5.68. The quantitative estimate of drug-likeness (QED) is 0.394. The molecule has 1 fully saturated rings. The SMILES string of the molecule is CCNC(=NCCN(CC)C1CC1)NCCOc1ccccc1. The van der Waals surface area contributed by atoms with Crippen LogP contribution in [0.15, 0.2) is 35.3 Å². The zero-order chi connectivity index (χ0) is 16.3. The smallest absolute Gasteiger partial charge is 0.191 e. The fraction of sp³-hybridized carbons (Fsp3) is 0.611. The van der Waals surface area contributed by atoms with Crippen LogP contribution < -0.4 is 15.4 Å². The molecule has 128 valence electrons. The monoisotopic (exact) mass is 318 g/mol. The second kappa shape index (κ2) is 10.1. The number of nitrogens with zero attached hydrogens (tertiary/aromatic N) is 2. The summed E-state index contributed by atoms with van der Waals surface area (Å²) in [6.07, 6.45) is 2.71. The average molecular weight is 318 g/mol. The summed E-state index contributed by atoms with van der Waals surface area (Å²) < 4.78 is 5.68. The number of ether oxygens (including phenoxy) is 1. The van der Waals surface area contributed by atoms with Crippen molar-refractivity contribution in [2.24, 2.45) is 4.99 Å². The Labute approximate surface area is 140 Å². The predicted octanol–water partition coefficient (Wildman–Crippen LogP) is 2.10. The number of guanidine groups is 1. The summed E-state index contributed by atoms with van der Waals surface area (Å²) in [6, 6.07) is 10.7. The Morgan fingerprint density at radius 2 is 2.00 bits per heavy atom. The lowest BCUT2D eigenvalue weighted by Crippen LogP contribution is -2.40. The number of hydrogen-bond acceptors (Lipinski definition) is 3. The molecule has 1 aliphatic carbocycles. The van der Waals surface area contributed by atoms with Gasteiger partial charge in [-0.15, -0.1) is 0 Å². The standard InChI is InChI=1S/C18H30N4O/c1-3-19-18(20-12-14-22(4-2)16-10-11-16)21-13-15-23-17-8-6-5-7-9-17/h5-9,16H,3-4,10-15H2,1-2H3,(H2,19,20,21). The van der Waals surface area contributed by atoms with Crippen molar-refractivity contribution in [1.82, 2.24) is 15.5 Å². The van der Waals surface area contributed by atoms with Crippen LogP contribution in [0.3, 0.4) is 0 Å². The molecular weight excluding hydrogens is 288 g/mol. The van der Waals surface area contributed by atoms with Crippen LogP contribution in [-0.2, 0) is 0 Å². The zero-order valence-corrected chi connectivity index (χ0v) is 14.4. The minimum absolute atomic E-state index is 0.623. The molecule has 1 saturated carbocycles. The van der Waals surface area contributed by atoms with Crippen LogP contribution in [0, 0.1) is 0 Å². The molecule has 0 amide bonds. The van der Waals surface area contributed by atoms with Gasteiger partial charge < -0.3 is 15.4 Å². The van der Waals surface area contributed by atoms with Gasteiger partial charge in [-0.2, -0.15) is 0 Å². The van der Waals surface area contributed by atoms with Gasteiger partial charge in [0.2, 0.25) is 0 Å². The maximum Gasteiger partial charge on any atom is 0.191 e. The van der Waals surface area contributed by atoms with E-state index in [9.17, 15) is 0 Å². The van der Waals surface area contributed by atoms with Crippen molar-refractivity contribution in [1.29, 1.82) is 0 Å². The van der Waals surface area contributed by atoms with Crippen LogP contribution in [0.25, 0.3) is 0 Å². The van der Waals surface area contributed by atoms with E-state index in [0.717, 1.165) is 50.5 Å². The van der Waals surface area contributed by atoms with Crippen molar-refractivity contribution in [2.45, 2.75) is 32.7 Å². The highest BCUT2D eigenvalue weighted by atomic mass is 16.5. The first-order valence-electron chi connectivity index (χ1n) is 8.77. The lowest BCUT2D eigenvalue weighted by Gasteiger charge is -2.19. The Morgan fingerprint density at radius 3 is 2.65 bits per heavy atom. The number of likely N-dealkylation sites (N-methyl/N-ethyl adjacent to an activating group) is 1. The summed E-state index contributed by atoms with van der Waals surface area (Å²) in [5.74, 6) is 1.77. The van der Waals surface area contributed by atoms with Crippen molar-refractivity contribution in [2.75, 3.05) is 39.3 Å². The van der Waals surface area contributed by atoms with Crippen LogP contribution in [0.4, 0.5) is 0 Å². The van der Waals surface area contributed by atoms with Crippen LogP contribution in [-0.4, -0.2) is 56.2 Å². The Kier molecular flexibility index (Phi) is 7.73. The van der Waals surface area contributed by atoms with E-state index in [4.69, 9.17) is 4.74 Å². The lowest BCUT2D eigenvalue weighted by molar-refractivity contribution is 0.286. The molecule has 0 radical (unpaired) electrons. The Balaban J connectivity index is 1.66. The summed E-state index contributed by atoms with van der Waals surface area (Å²) in [4.78, 5) is 7.17. The molecule has 0 unspecified atom stereocenters. The maximum atomic E-state index is 5.68. The van der Waals surface area contributed by atoms with E-state index in [1.165, 1.54) is 12.8 Å². The summed E-state index contributed by atoms with van der Waals surface area (Å²) in [5.41, 5.74) is 0. The summed E-state index contributed by atoms with van der Waals surface area (Å²) in [7, 11) is 0. The molecule has 2 N–H and O–H groups in total. The minimum atomic E-state index is 0.623. The molecule has 0 spiro atoms. The molecule has 5 nitrogen and oxygen atoms in total. The Morgan fingerprint density at radius 1 is 1.22 bits per heavy atom. The number of para-hydroxylation sites is 1.